The van der Waals surface area contributed by atoms with Crippen LogP contribution in [-0.4, -0.2) is 33.1 Å². The first-order valence-electron chi connectivity index (χ1n) is 5.42. The number of aliphatic imine (C=N–C) groups is 1. The number of ether oxygens (including phenoxy) is 2. The van der Waals surface area contributed by atoms with Crippen LogP contribution in [0.4, 0.5) is 0 Å². The van der Waals surface area contributed by atoms with E-state index in [9.17, 15) is 0 Å². The van der Waals surface area contributed by atoms with E-state index in [4.69, 9.17) is 9.47 Å². The molecule has 0 saturated heterocycles. The van der Waals surface area contributed by atoms with Crippen LogP contribution in [0.5, 0.6) is 11.5 Å². The Labute approximate surface area is 109 Å². The molecule has 1 aromatic rings. The van der Waals surface area contributed by atoms with E-state index in [-0.39, 0.29) is 0 Å². The van der Waals surface area contributed by atoms with E-state index in [0.29, 0.717) is 0 Å². The van der Waals surface area contributed by atoms with E-state index in [1.54, 1.807) is 14.2 Å². The van der Waals surface area contributed by atoms with Gasteiger partial charge in [-0.15, -0.1) is 0 Å². The maximum absolute atomic E-state index is 5.29. The second kappa shape index (κ2) is 5.40. The van der Waals surface area contributed by atoms with Crippen LogP contribution < -0.4 is 14.8 Å². The van der Waals surface area contributed by atoms with Gasteiger partial charge in [-0.1, -0.05) is 15.9 Å². The minimum atomic E-state index is 0.726. The Morgan fingerprint density at radius 2 is 2.00 bits per heavy atom. The predicted molar refractivity (Wildman–Crippen MR) is 71.3 cm³/mol. The van der Waals surface area contributed by atoms with Gasteiger partial charge in [-0.2, -0.15) is 0 Å². The van der Waals surface area contributed by atoms with Crippen LogP contribution in [0.3, 0.4) is 0 Å². The van der Waals surface area contributed by atoms with Crippen molar-refractivity contribution in [1.82, 2.24) is 5.32 Å². The summed E-state index contributed by atoms with van der Waals surface area (Å²) in [6, 6.07) is 3.90. The molecule has 1 aliphatic rings. The highest BCUT2D eigenvalue weighted by Crippen LogP contribution is 2.33. The smallest absolute Gasteiger partial charge is 0.161 e. The molecule has 0 aromatic heterocycles. The summed E-state index contributed by atoms with van der Waals surface area (Å²) in [6.45, 7) is 1.79. The minimum absolute atomic E-state index is 0.726. The van der Waals surface area contributed by atoms with Crippen molar-refractivity contribution >= 4 is 21.8 Å². The molecule has 0 spiro atoms. The normalized spacial score (nSPS) is 14.2. The Morgan fingerprint density at radius 3 is 2.59 bits per heavy atom. The van der Waals surface area contributed by atoms with Crippen LogP contribution in [0.25, 0.3) is 0 Å². The molecule has 92 valence electrons. The van der Waals surface area contributed by atoms with Gasteiger partial charge in [-0.3, -0.25) is 4.99 Å². The molecule has 0 aliphatic carbocycles. The van der Waals surface area contributed by atoms with Crippen molar-refractivity contribution < 1.29 is 9.47 Å². The third kappa shape index (κ3) is 2.72. The average Bonchev–Trinajstić information content (AvgIpc) is 2.84. The lowest BCUT2D eigenvalue weighted by atomic mass is 10.1. The van der Waals surface area contributed by atoms with Crippen molar-refractivity contribution in [1.29, 1.82) is 0 Å². The third-order valence-corrected chi connectivity index (χ3v) is 3.39. The van der Waals surface area contributed by atoms with Crippen LogP contribution in [0.15, 0.2) is 21.6 Å². The molecule has 4 nitrogen and oxygen atoms in total. The number of benzene rings is 1. The van der Waals surface area contributed by atoms with Gasteiger partial charge in [0.25, 0.3) is 0 Å². The first-order chi connectivity index (χ1) is 8.24. The molecule has 0 bridgehead atoms. The number of rotatable bonds is 4. The number of halogens is 1. The molecule has 1 aromatic carbocycles. The van der Waals surface area contributed by atoms with E-state index in [2.05, 4.69) is 26.2 Å². The number of nitrogens with zero attached hydrogens (tertiary/aromatic N) is 1. The van der Waals surface area contributed by atoms with Crippen molar-refractivity contribution in [3.63, 3.8) is 0 Å². The van der Waals surface area contributed by atoms with Crippen molar-refractivity contribution in [2.75, 3.05) is 27.3 Å². The molecule has 0 fully saturated rings. The van der Waals surface area contributed by atoms with E-state index in [1.807, 2.05) is 12.1 Å². The molecule has 0 amide bonds. The minimum Gasteiger partial charge on any atom is -0.493 e. The Bertz CT molecular complexity index is 446. The molecule has 0 saturated carbocycles. The van der Waals surface area contributed by atoms with Gasteiger partial charge in [0.1, 0.15) is 5.84 Å². The van der Waals surface area contributed by atoms with E-state index in [1.165, 1.54) is 0 Å². The van der Waals surface area contributed by atoms with Gasteiger partial charge in [-0.25, -0.2) is 0 Å². The molecule has 1 aliphatic heterocycles. The van der Waals surface area contributed by atoms with Crippen LogP contribution in [0.1, 0.15) is 5.56 Å². The number of hydrogen-bond donors (Lipinski definition) is 1. The quantitative estimate of drug-likeness (QED) is 0.925. The van der Waals surface area contributed by atoms with Crippen LogP contribution in [0, 0.1) is 0 Å². The summed E-state index contributed by atoms with van der Waals surface area (Å²) in [5.41, 5.74) is 1.14. The molecule has 0 atom stereocenters. The fourth-order valence-corrected chi connectivity index (χ4v) is 2.24. The van der Waals surface area contributed by atoms with Crippen LogP contribution in [-0.2, 0) is 6.42 Å². The molecule has 5 heteroatoms. The summed E-state index contributed by atoms with van der Waals surface area (Å²) in [6.07, 6.45) is 0.779. The molecule has 17 heavy (non-hydrogen) atoms. The molecule has 1 N–H and O–H groups in total. The summed E-state index contributed by atoms with van der Waals surface area (Å²) in [5.74, 6) is 2.49. The zero-order valence-corrected chi connectivity index (χ0v) is 11.5. The summed E-state index contributed by atoms with van der Waals surface area (Å²) in [4.78, 5) is 4.38. The second-order valence-electron chi connectivity index (χ2n) is 3.73. The Hall–Kier alpha value is -1.23. The molecular formula is C12H15BrN2O2. The lowest BCUT2D eigenvalue weighted by molar-refractivity contribution is 0.354. The predicted octanol–water partition coefficient (Wildman–Crippen LogP) is 2.01. The van der Waals surface area contributed by atoms with Gasteiger partial charge in [0.05, 0.1) is 20.8 Å². The van der Waals surface area contributed by atoms with Gasteiger partial charge in [-0.05, 0) is 17.7 Å². The van der Waals surface area contributed by atoms with Gasteiger partial charge in [0.2, 0.25) is 0 Å². The molecular weight excluding hydrogens is 284 g/mol. The van der Waals surface area contributed by atoms with Gasteiger partial charge in [0, 0.05) is 17.4 Å². The molecule has 0 radical (unpaired) electrons. The average molecular weight is 299 g/mol. The summed E-state index contributed by atoms with van der Waals surface area (Å²) < 4.78 is 11.5. The van der Waals surface area contributed by atoms with Gasteiger partial charge >= 0.3 is 0 Å². The molecule has 1 heterocycles. The Balaban J connectivity index is 2.27. The fraction of sp³-hybridized carbons (Fsp3) is 0.417. The van der Waals surface area contributed by atoms with Crippen molar-refractivity contribution in [2.45, 2.75) is 6.42 Å². The highest BCUT2D eigenvalue weighted by Gasteiger charge is 2.13. The first-order valence-corrected chi connectivity index (χ1v) is 6.21. The van der Waals surface area contributed by atoms with Crippen LogP contribution in [0.2, 0.25) is 0 Å². The highest BCUT2D eigenvalue weighted by atomic mass is 79.9. The van der Waals surface area contributed by atoms with E-state index >= 15 is 0 Å². The number of nitrogens with one attached hydrogen (secondary N) is 1. The largest absolute Gasteiger partial charge is 0.493 e. The molecule has 2 rings (SSSR count). The lowest BCUT2D eigenvalue weighted by Gasteiger charge is -2.12. The summed E-state index contributed by atoms with van der Waals surface area (Å²) in [7, 11) is 3.27. The standard InChI is InChI=1S/C12H15BrN2O2/c1-16-10-5-8(6-12-14-3-4-15-12)9(13)7-11(10)17-2/h5,7H,3-4,6H2,1-2H3,(H,14,15). The maximum Gasteiger partial charge on any atom is 0.161 e. The maximum atomic E-state index is 5.29. The second-order valence-corrected chi connectivity index (χ2v) is 4.58. The summed E-state index contributed by atoms with van der Waals surface area (Å²) >= 11 is 3.54. The Morgan fingerprint density at radius 1 is 1.29 bits per heavy atom. The van der Waals surface area contributed by atoms with E-state index < -0.39 is 0 Å². The summed E-state index contributed by atoms with van der Waals surface area (Å²) in [5, 5.41) is 3.26. The first kappa shape index (κ1) is 12.2. The zero-order valence-electron chi connectivity index (χ0n) is 9.92. The van der Waals surface area contributed by atoms with Crippen molar-refractivity contribution in [3.8, 4) is 11.5 Å². The number of amidine groups is 1. The highest BCUT2D eigenvalue weighted by molar-refractivity contribution is 9.10. The van der Waals surface area contributed by atoms with Crippen molar-refractivity contribution in [3.05, 3.63) is 22.2 Å². The lowest BCUT2D eigenvalue weighted by Crippen LogP contribution is -2.20. The number of hydrogen-bond acceptors (Lipinski definition) is 4. The monoisotopic (exact) mass is 298 g/mol. The number of methoxy groups -OCH3 is 2. The SMILES string of the molecule is COc1cc(Br)c(CC2=NCCN2)cc1OC. The van der Waals surface area contributed by atoms with Crippen molar-refractivity contribution in [2.24, 2.45) is 4.99 Å². The Kier molecular flexibility index (Phi) is 3.89. The van der Waals surface area contributed by atoms with Gasteiger partial charge in [0.15, 0.2) is 11.5 Å². The zero-order chi connectivity index (χ0) is 12.3. The molecule has 0 unspecified atom stereocenters. The van der Waals surface area contributed by atoms with Gasteiger partial charge < -0.3 is 14.8 Å². The fourth-order valence-electron chi connectivity index (χ4n) is 1.78. The third-order valence-electron chi connectivity index (χ3n) is 2.65. The topological polar surface area (TPSA) is 42.8 Å². The van der Waals surface area contributed by atoms with E-state index in [0.717, 1.165) is 46.9 Å². The van der Waals surface area contributed by atoms with Crippen LogP contribution >= 0.6 is 15.9 Å².